The van der Waals surface area contributed by atoms with Gasteiger partial charge in [0, 0.05) is 12.1 Å². The Bertz CT molecular complexity index is 189. The number of nitrogens with zero attached hydrogens (tertiary/aromatic N) is 1. The van der Waals surface area contributed by atoms with Gasteiger partial charge in [-0.25, -0.2) is 0 Å². The van der Waals surface area contributed by atoms with Crippen LogP contribution in [-0.4, -0.2) is 30.4 Å². The maximum Gasteiger partial charge on any atom is 0.241 e. The molecule has 3 heteroatoms. The molecule has 1 amide bonds. The Kier molecular flexibility index (Phi) is 3.29. The largest absolute Gasteiger partial charge is 0.366 e. The van der Waals surface area contributed by atoms with Crippen molar-refractivity contribution in [2.45, 2.75) is 25.3 Å². The van der Waals surface area contributed by atoms with E-state index in [9.17, 15) is 4.79 Å². The first-order valence-electron chi connectivity index (χ1n) is 4.38. The van der Waals surface area contributed by atoms with Crippen LogP contribution in [0.3, 0.4) is 0 Å². The highest BCUT2D eigenvalue weighted by Crippen LogP contribution is 2.15. The third-order valence-corrected chi connectivity index (χ3v) is 2.31. The maximum absolute atomic E-state index is 10.5. The molecule has 2 N–H and O–H groups in total. The molecule has 1 aliphatic heterocycles. The lowest BCUT2D eigenvalue weighted by Gasteiger charge is -2.29. The van der Waals surface area contributed by atoms with Crippen molar-refractivity contribution in [2.75, 3.05) is 13.6 Å². The van der Waals surface area contributed by atoms with E-state index in [4.69, 9.17) is 5.73 Å². The highest BCUT2D eigenvalue weighted by atomic mass is 16.1. The fourth-order valence-corrected chi connectivity index (χ4v) is 1.55. The number of likely N-dealkylation sites (tertiary alicyclic amines) is 1. The van der Waals surface area contributed by atoms with Crippen molar-refractivity contribution in [3.05, 3.63) is 12.2 Å². The first kappa shape index (κ1) is 9.26. The van der Waals surface area contributed by atoms with E-state index >= 15 is 0 Å². The van der Waals surface area contributed by atoms with Gasteiger partial charge in [0.2, 0.25) is 5.91 Å². The fraction of sp³-hybridized carbons (Fsp3) is 0.667. The van der Waals surface area contributed by atoms with Crippen LogP contribution in [0.4, 0.5) is 0 Å². The molecule has 0 aromatic heterocycles. The molecule has 1 heterocycles. The Morgan fingerprint density at radius 1 is 1.58 bits per heavy atom. The molecule has 0 saturated carbocycles. The van der Waals surface area contributed by atoms with Crippen LogP contribution in [0.1, 0.15) is 19.3 Å². The van der Waals surface area contributed by atoms with Crippen LogP contribution in [-0.2, 0) is 4.79 Å². The zero-order valence-electron chi connectivity index (χ0n) is 7.49. The quantitative estimate of drug-likeness (QED) is 0.611. The predicted molar refractivity (Wildman–Crippen MR) is 48.6 cm³/mol. The predicted octanol–water partition coefficient (Wildman–Crippen LogP) is 0.512. The Morgan fingerprint density at radius 2 is 2.33 bits per heavy atom. The molecule has 1 atom stereocenters. The van der Waals surface area contributed by atoms with E-state index in [1.165, 1.54) is 18.9 Å². The summed E-state index contributed by atoms with van der Waals surface area (Å²) in [5.41, 5.74) is 5.01. The first-order valence-corrected chi connectivity index (χ1v) is 4.38. The van der Waals surface area contributed by atoms with E-state index < -0.39 is 0 Å². The Balaban J connectivity index is 2.43. The maximum atomic E-state index is 10.5. The van der Waals surface area contributed by atoms with E-state index in [0.717, 1.165) is 13.0 Å². The summed E-state index contributed by atoms with van der Waals surface area (Å²) in [5.74, 6) is -0.353. The average Bonchev–Trinajstić information content (AvgIpc) is 2.03. The molecule has 0 radical (unpaired) electrons. The molecule has 0 bridgehead atoms. The minimum absolute atomic E-state index is 0.353. The van der Waals surface area contributed by atoms with E-state index in [2.05, 4.69) is 11.9 Å². The van der Waals surface area contributed by atoms with Crippen LogP contribution in [0.15, 0.2) is 12.2 Å². The average molecular weight is 168 g/mol. The molecule has 0 spiro atoms. The number of nitrogens with two attached hydrogens (primary N) is 1. The number of primary amides is 1. The molecular weight excluding hydrogens is 152 g/mol. The first-order chi connectivity index (χ1) is 5.70. The minimum atomic E-state index is -0.353. The second-order valence-corrected chi connectivity index (χ2v) is 3.31. The summed E-state index contributed by atoms with van der Waals surface area (Å²) >= 11 is 0. The number of likely N-dealkylation sites (N-methyl/N-ethyl adjacent to an activating group) is 1. The van der Waals surface area contributed by atoms with Gasteiger partial charge in [-0.05, 0) is 26.4 Å². The molecule has 1 aliphatic rings. The summed E-state index contributed by atoms with van der Waals surface area (Å²) < 4.78 is 0. The summed E-state index contributed by atoms with van der Waals surface area (Å²) in [5, 5.41) is 0. The lowest BCUT2D eigenvalue weighted by Crippen LogP contribution is -2.34. The van der Waals surface area contributed by atoms with Crippen molar-refractivity contribution in [3.8, 4) is 0 Å². The van der Waals surface area contributed by atoms with Crippen molar-refractivity contribution in [3.63, 3.8) is 0 Å². The van der Waals surface area contributed by atoms with Gasteiger partial charge >= 0.3 is 0 Å². The van der Waals surface area contributed by atoms with Crippen molar-refractivity contribution >= 4 is 5.91 Å². The lowest BCUT2D eigenvalue weighted by molar-refractivity contribution is -0.113. The zero-order chi connectivity index (χ0) is 8.97. The normalized spacial score (nSPS) is 26.2. The van der Waals surface area contributed by atoms with Crippen LogP contribution < -0.4 is 5.73 Å². The number of carbonyl (C=O) groups is 1. The monoisotopic (exact) mass is 168 g/mol. The molecular formula is C9H16N2O. The van der Waals surface area contributed by atoms with Gasteiger partial charge in [-0.3, -0.25) is 9.69 Å². The second kappa shape index (κ2) is 4.26. The highest BCUT2D eigenvalue weighted by Gasteiger charge is 2.15. The van der Waals surface area contributed by atoms with Gasteiger partial charge in [-0.15, -0.1) is 0 Å². The number of rotatable bonds is 2. The number of hydrogen-bond donors (Lipinski definition) is 1. The van der Waals surface area contributed by atoms with Gasteiger partial charge in [-0.2, -0.15) is 0 Å². The standard InChI is InChI=1S/C9H16N2O/c1-11-7-3-2-4-8(11)5-6-9(10)12/h5-6,8H,2-4,7H2,1H3,(H2,10,12)/b6-5+/t8-/m1/s1. The Hall–Kier alpha value is -0.830. The third-order valence-electron chi connectivity index (χ3n) is 2.31. The van der Waals surface area contributed by atoms with Gasteiger partial charge in [0.05, 0.1) is 0 Å². The molecule has 0 aromatic carbocycles. The van der Waals surface area contributed by atoms with Crippen molar-refractivity contribution < 1.29 is 4.79 Å². The summed E-state index contributed by atoms with van der Waals surface area (Å²) in [6, 6.07) is 0.409. The number of piperidine rings is 1. The SMILES string of the molecule is CN1CCCC[C@@H]1/C=C/C(N)=O. The molecule has 1 rings (SSSR count). The topological polar surface area (TPSA) is 46.3 Å². The van der Waals surface area contributed by atoms with Gasteiger partial charge in [0.25, 0.3) is 0 Å². The van der Waals surface area contributed by atoms with Crippen molar-refractivity contribution in [1.29, 1.82) is 0 Å². The van der Waals surface area contributed by atoms with Gasteiger partial charge < -0.3 is 5.73 Å². The van der Waals surface area contributed by atoms with Crippen LogP contribution in [0.2, 0.25) is 0 Å². The molecule has 68 valence electrons. The van der Waals surface area contributed by atoms with Gasteiger partial charge in [-0.1, -0.05) is 12.5 Å². The van der Waals surface area contributed by atoms with Crippen LogP contribution in [0.25, 0.3) is 0 Å². The smallest absolute Gasteiger partial charge is 0.241 e. The zero-order valence-corrected chi connectivity index (χ0v) is 7.49. The Labute approximate surface area is 73.2 Å². The highest BCUT2D eigenvalue weighted by molar-refractivity contribution is 5.85. The second-order valence-electron chi connectivity index (χ2n) is 3.31. The van der Waals surface area contributed by atoms with Crippen molar-refractivity contribution in [1.82, 2.24) is 4.90 Å². The summed E-state index contributed by atoms with van der Waals surface area (Å²) in [7, 11) is 2.08. The summed E-state index contributed by atoms with van der Waals surface area (Å²) in [4.78, 5) is 12.7. The van der Waals surface area contributed by atoms with Gasteiger partial charge in [0.15, 0.2) is 0 Å². The van der Waals surface area contributed by atoms with Crippen LogP contribution in [0, 0.1) is 0 Å². The molecule has 0 unspecified atom stereocenters. The third kappa shape index (κ3) is 2.66. The van der Waals surface area contributed by atoms with Crippen LogP contribution in [0.5, 0.6) is 0 Å². The molecule has 0 aliphatic carbocycles. The molecule has 3 nitrogen and oxygen atoms in total. The summed E-state index contributed by atoms with van der Waals surface area (Å²) in [6.07, 6.45) is 7.02. The number of carbonyl (C=O) groups excluding carboxylic acids is 1. The van der Waals surface area contributed by atoms with E-state index in [0.29, 0.717) is 6.04 Å². The number of amides is 1. The molecule has 1 saturated heterocycles. The van der Waals surface area contributed by atoms with E-state index in [1.807, 2.05) is 6.08 Å². The van der Waals surface area contributed by atoms with E-state index in [1.54, 1.807) is 0 Å². The molecule has 0 aromatic rings. The van der Waals surface area contributed by atoms with Crippen LogP contribution >= 0.6 is 0 Å². The minimum Gasteiger partial charge on any atom is -0.366 e. The fourth-order valence-electron chi connectivity index (χ4n) is 1.55. The van der Waals surface area contributed by atoms with E-state index in [-0.39, 0.29) is 5.91 Å². The lowest BCUT2D eigenvalue weighted by atomic mass is 10.0. The molecule has 1 fully saturated rings. The number of hydrogen-bond acceptors (Lipinski definition) is 2. The Morgan fingerprint density at radius 3 is 2.92 bits per heavy atom. The van der Waals surface area contributed by atoms with Gasteiger partial charge in [0.1, 0.15) is 0 Å². The molecule has 12 heavy (non-hydrogen) atoms. The van der Waals surface area contributed by atoms with Crippen molar-refractivity contribution in [2.24, 2.45) is 5.73 Å². The summed E-state index contributed by atoms with van der Waals surface area (Å²) in [6.45, 7) is 1.12.